The zero-order valence-electron chi connectivity index (χ0n) is 10.2. The Bertz CT molecular complexity index is 405. The minimum Gasteiger partial charge on any atom is -0.356 e. The van der Waals surface area contributed by atoms with E-state index < -0.39 is 0 Å². The molecule has 1 unspecified atom stereocenters. The molecular formula is C11H17ClN4. The van der Waals surface area contributed by atoms with Gasteiger partial charge in [-0.1, -0.05) is 0 Å². The van der Waals surface area contributed by atoms with Crippen molar-refractivity contribution in [2.45, 2.75) is 32.2 Å². The molecule has 0 spiro atoms. The Balaban J connectivity index is 3.07. The Morgan fingerprint density at radius 2 is 2.25 bits per heavy atom. The van der Waals surface area contributed by atoms with Crippen LogP contribution in [0.3, 0.4) is 0 Å². The van der Waals surface area contributed by atoms with Gasteiger partial charge in [0, 0.05) is 25.7 Å². The first-order valence-corrected chi connectivity index (χ1v) is 5.74. The summed E-state index contributed by atoms with van der Waals surface area (Å²) in [5, 5.41) is 13.1. The van der Waals surface area contributed by atoms with Crippen LogP contribution in [0.5, 0.6) is 0 Å². The highest BCUT2D eigenvalue weighted by Crippen LogP contribution is 2.25. The summed E-state index contributed by atoms with van der Waals surface area (Å²) in [6.45, 7) is 3.97. The molecule has 0 saturated carbocycles. The minimum absolute atomic E-state index is 0.154. The van der Waals surface area contributed by atoms with E-state index in [1.54, 1.807) is 0 Å². The van der Waals surface area contributed by atoms with Gasteiger partial charge in [-0.2, -0.15) is 10.4 Å². The molecule has 0 radical (unpaired) electrons. The lowest BCUT2D eigenvalue weighted by Gasteiger charge is -2.26. The summed E-state index contributed by atoms with van der Waals surface area (Å²) >= 11 is 5.93. The Kier molecular flexibility index (Phi) is 4.19. The summed E-state index contributed by atoms with van der Waals surface area (Å²) in [6.07, 6.45) is 0.489. The number of nitriles is 1. The third-order valence-electron chi connectivity index (χ3n) is 2.83. The van der Waals surface area contributed by atoms with Crippen LogP contribution in [-0.2, 0) is 12.9 Å². The second-order valence-electron chi connectivity index (χ2n) is 3.97. The zero-order chi connectivity index (χ0) is 12.3. The standard InChI is InChI=1S/C11H17ClN4/c1-8(5-6-13)15(3)11-10(7-12)9(2)14-16(11)4/h8H,5,7H2,1-4H3. The molecule has 1 aromatic heterocycles. The van der Waals surface area contributed by atoms with Crippen molar-refractivity contribution < 1.29 is 0 Å². The fourth-order valence-electron chi connectivity index (χ4n) is 1.77. The molecule has 0 aliphatic rings. The number of halogens is 1. The van der Waals surface area contributed by atoms with Gasteiger partial charge < -0.3 is 4.90 Å². The minimum atomic E-state index is 0.154. The van der Waals surface area contributed by atoms with E-state index in [-0.39, 0.29) is 6.04 Å². The smallest absolute Gasteiger partial charge is 0.131 e. The van der Waals surface area contributed by atoms with Gasteiger partial charge in [0.1, 0.15) is 5.82 Å². The highest BCUT2D eigenvalue weighted by atomic mass is 35.5. The van der Waals surface area contributed by atoms with Gasteiger partial charge >= 0.3 is 0 Å². The van der Waals surface area contributed by atoms with Gasteiger partial charge in [-0.05, 0) is 13.8 Å². The van der Waals surface area contributed by atoms with Crippen molar-refractivity contribution in [3.63, 3.8) is 0 Å². The van der Waals surface area contributed by atoms with Crippen LogP contribution < -0.4 is 4.90 Å². The third kappa shape index (κ3) is 2.30. The summed E-state index contributed by atoms with van der Waals surface area (Å²) in [7, 11) is 3.86. The Morgan fingerprint density at radius 1 is 1.62 bits per heavy atom. The van der Waals surface area contributed by atoms with Gasteiger partial charge in [0.15, 0.2) is 0 Å². The van der Waals surface area contributed by atoms with Crippen LogP contribution in [-0.4, -0.2) is 22.9 Å². The van der Waals surface area contributed by atoms with Crippen molar-refractivity contribution in [3.05, 3.63) is 11.3 Å². The molecule has 0 saturated heterocycles. The average Bonchev–Trinajstić information content (AvgIpc) is 2.52. The molecule has 1 aromatic rings. The van der Waals surface area contributed by atoms with E-state index in [0.29, 0.717) is 12.3 Å². The van der Waals surface area contributed by atoms with E-state index in [0.717, 1.165) is 17.1 Å². The molecule has 0 aromatic carbocycles. The number of alkyl halides is 1. The fourth-order valence-corrected chi connectivity index (χ4v) is 2.08. The molecule has 4 nitrogen and oxygen atoms in total. The predicted molar refractivity (Wildman–Crippen MR) is 65.6 cm³/mol. The molecule has 0 fully saturated rings. The first-order chi connectivity index (χ1) is 7.52. The topological polar surface area (TPSA) is 44.9 Å². The summed E-state index contributed by atoms with van der Waals surface area (Å²) in [5.74, 6) is 1.44. The van der Waals surface area contributed by atoms with Gasteiger partial charge in [0.05, 0.1) is 24.1 Å². The number of aryl methyl sites for hydroxylation is 2. The molecule has 0 amide bonds. The second kappa shape index (κ2) is 5.22. The zero-order valence-corrected chi connectivity index (χ0v) is 10.9. The lowest BCUT2D eigenvalue weighted by Crippen LogP contribution is -2.30. The van der Waals surface area contributed by atoms with E-state index in [1.807, 2.05) is 32.6 Å². The number of hydrogen-bond acceptors (Lipinski definition) is 3. The first-order valence-electron chi connectivity index (χ1n) is 5.21. The van der Waals surface area contributed by atoms with E-state index in [2.05, 4.69) is 16.1 Å². The fraction of sp³-hybridized carbons (Fsp3) is 0.636. The van der Waals surface area contributed by atoms with Crippen LogP contribution in [0.15, 0.2) is 0 Å². The predicted octanol–water partition coefficient (Wildman–Crippen LogP) is 2.21. The summed E-state index contributed by atoms with van der Waals surface area (Å²) < 4.78 is 1.82. The summed E-state index contributed by atoms with van der Waals surface area (Å²) in [6, 6.07) is 2.33. The molecule has 1 atom stereocenters. The SMILES string of the molecule is Cc1nn(C)c(N(C)C(C)CC#N)c1CCl. The van der Waals surface area contributed by atoms with Gasteiger partial charge in [0.2, 0.25) is 0 Å². The van der Waals surface area contributed by atoms with E-state index in [9.17, 15) is 0 Å². The molecule has 5 heteroatoms. The maximum Gasteiger partial charge on any atom is 0.131 e. The van der Waals surface area contributed by atoms with Crippen LogP contribution >= 0.6 is 11.6 Å². The molecule has 0 N–H and O–H groups in total. The average molecular weight is 241 g/mol. The van der Waals surface area contributed by atoms with E-state index in [1.165, 1.54) is 0 Å². The quantitative estimate of drug-likeness (QED) is 0.758. The number of anilines is 1. The highest BCUT2D eigenvalue weighted by molar-refractivity contribution is 6.17. The van der Waals surface area contributed by atoms with Crippen molar-refractivity contribution >= 4 is 17.4 Å². The monoisotopic (exact) mass is 240 g/mol. The normalized spacial score (nSPS) is 12.2. The van der Waals surface area contributed by atoms with Crippen LogP contribution in [0, 0.1) is 18.3 Å². The molecule has 88 valence electrons. The van der Waals surface area contributed by atoms with Crippen molar-refractivity contribution in [2.75, 3.05) is 11.9 Å². The van der Waals surface area contributed by atoms with Gasteiger partial charge in [-0.25, -0.2) is 0 Å². The Morgan fingerprint density at radius 3 is 2.75 bits per heavy atom. The number of nitrogens with zero attached hydrogens (tertiary/aromatic N) is 4. The Labute approximate surface area is 101 Å². The number of rotatable bonds is 4. The van der Waals surface area contributed by atoms with Crippen LogP contribution in [0.25, 0.3) is 0 Å². The van der Waals surface area contributed by atoms with Gasteiger partial charge in [-0.15, -0.1) is 11.6 Å². The lowest BCUT2D eigenvalue weighted by atomic mass is 10.2. The highest BCUT2D eigenvalue weighted by Gasteiger charge is 2.19. The third-order valence-corrected chi connectivity index (χ3v) is 3.10. The van der Waals surface area contributed by atoms with E-state index in [4.69, 9.17) is 16.9 Å². The Hall–Kier alpha value is -1.21. The molecule has 16 heavy (non-hydrogen) atoms. The largest absolute Gasteiger partial charge is 0.356 e. The maximum absolute atomic E-state index is 8.71. The second-order valence-corrected chi connectivity index (χ2v) is 4.23. The number of aromatic nitrogens is 2. The van der Waals surface area contributed by atoms with Crippen LogP contribution in [0.4, 0.5) is 5.82 Å². The van der Waals surface area contributed by atoms with Crippen molar-refractivity contribution in [2.24, 2.45) is 7.05 Å². The van der Waals surface area contributed by atoms with Gasteiger partial charge in [-0.3, -0.25) is 4.68 Å². The summed E-state index contributed by atoms with van der Waals surface area (Å²) in [4.78, 5) is 2.06. The maximum atomic E-state index is 8.71. The van der Waals surface area contributed by atoms with Gasteiger partial charge in [0.25, 0.3) is 0 Å². The van der Waals surface area contributed by atoms with Crippen molar-refractivity contribution in [3.8, 4) is 6.07 Å². The first kappa shape index (κ1) is 12.9. The molecular weight excluding hydrogens is 224 g/mol. The van der Waals surface area contributed by atoms with Crippen molar-refractivity contribution in [1.29, 1.82) is 5.26 Å². The van der Waals surface area contributed by atoms with Crippen LogP contribution in [0.2, 0.25) is 0 Å². The number of hydrogen-bond donors (Lipinski definition) is 0. The van der Waals surface area contributed by atoms with Crippen molar-refractivity contribution in [1.82, 2.24) is 9.78 Å². The van der Waals surface area contributed by atoms with Crippen LogP contribution in [0.1, 0.15) is 24.6 Å². The van der Waals surface area contributed by atoms with E-state index >= 15 is 0 Å². The molecule has 0 aliphatic heterocycles. The summed E-state index contributed by atoms with van der Waals surface area (Å²) in [5.41, 5.74) is 1.99. The molecule has 0 aliphatic carbocycles. The molecule has 0 bridgehead atoms. The molecule has 1 rings (SSSR count). The molecule has 1 heterocycles. The lowest BCUT2D eigenvalue weighted by molar-refractivity contribution is 0.653.